The Morgan fingerprint density at radius 2 is 2.03 bits per heavy atom. The van der Waals surface area contributed by atoms with Crippen molar-refractivity contribution in [3.63, 3.8) is 0 Å². The number of carbonyl (C=O) groups excluding carboxylic acids is 2. The Kier molecular flexibility index (Phi) is 7.13. The lowest BCUT2D eigenvalue weighted by Crippen LogP contribution is -2.40. The van der Waals surface area contributed by atoms with E-state index in [1.165, 1.54) is 6.07 Å². The fraction of sp³-hybridized carbons (Fsp3) is 0.381. The highest BCUT2D eigenvalue weighted by Gasteiger charge is 2.36. The smallest absolute Gasteiger partial charge is 0.344 e. The molecule has 0 saturated carbocycles. The fourth-order valence-corrected chi connectivity index (χ4v) is 3.40. The van der Waals surface area contributed by atoms with Crippen molar-refractivity contribution < 1.29 is 27.8 Å². The van der Waals surface area contributed by atoms with Gasteiger partial charge in [-0.2, -0.15) is 0 Å². The number of anilines is 1. The molecule has 0 radical (unpaired) electrons. The molecule has 1 amide bonds. The molecular weight excluding hydrogens is 410 g/mol. The van der Waals surface area contributed by atoms with Crippen LogP contribution in [-0.4, -0.2) is 48.2 Å². The first kappa shape index (κ1) is 22.6. The number of para-hydroxylation sites is 1. The number of hydrazine groups is 1. The van der Waals surface area contributed by atoms with Crippen molar-refractivity contribution in [3.05, 3.63) is 53.2 Å². The van der Waals surface area contributed by atoms with Gasteiger partial charge in [0.15, 0.2) is 6.61 Å². The summed E-state index contributed by atoms with van der Waals surface area (Å²) in [6, 6.07) is 4.20. The number of nitrogens with zero attached hydrogens (tertiary/aromatic N) is 2. The molecule has 1 aliphatic heterocycles. The average molecular weight is 434 g/mol. The van der Waals surface area contributed by atoms with Gasteiger partial charge in [-0.3, -0.25) is 4.79 Å². The number of hydrogen-bond donors (Lipinski definition) is 2. The van der Waals surface area contributed by atoms with Crippen LogP contribution in [-0.2, 0) is 14.3 Å². The maximum absolute atomic E-state index is 13.8. The minimum absolute atomic E-state index is 0.201. The number of nitrogens with one attached hydrogen (secondary N) is 2. The summed E-state index contributed by atoms with van der Waals surface area (Å²) in [6.07, 6.45) is 1.99. The van der Waals surface area contributed by atoms with Gasteiger partial charge in [-0.15, -0.1) is 0 Å². The number of halogens is 2. The second kappa shape index (κ2) is 9.80. The number of aryl methyl sites for hydroxylation is 1. The van der Waals surface area contributed by atoms with Crippen LogP contribution in [0.2, 0.25) is 0 Å². The molecule has 1 saturated heterocycles. The van der Waals surface area contributed by atoms with Crippen molar-refractivity contribution in [2.75, 3.05) is 25.6 Å². The molecule has 166 valence electrons. The van der Waals surface area contributed by atoms with E-state index in [9.17, 15) is 18.4 Å². The number of carbonyl (C=O) groups is 2. The van der Waals surface area contributed by atoms with Gasteiger partial charge in [0.25, 0.3) is 0 Å². The van der Waals surface area contributed by atoms with E-state index in [-0.39, 0.29) is 25.1 Å². The SMILES string of the molecule is CCOC(=O)COc1cc(C)c(C2CC(C(=O)Nc3c(F)cccc3F)NN2C)cn1. The molecule has 3 rings (SSSR count). The standard InChI is InChI=1S/C21H24F2N4O4/c1-4-30-19(28)11-31-18-8-12(2)13(10-24-18)17-9-16(26-27(17)3)21(29)25-20-14(22)6-5-7-15(20)23/h5-8,10,16-17,26H,4,9,11H2,1-3H3,(H,25,29). The first-order chi connectivity index (χ1) is 14.8. The van der Waals surface area contributed by atoms with Crippen LogP contribution in [0.4, 0.5) is 14.5 Å². The predicted octanol–water partition coefficient (Wildman–Crippen LogP) is 2.50. The third kappa shape index (κ3) is 5.33. The second-order valence-corrected chi connectivity index (χ2v) is 7.10. The number of amides is 1. The lowest BCUT2D eigenvalue weighted by Gasteiger charge is -2.21. The molecule has 0 bridgehead atoms. The van der Waals surface area contributed by atoms with E-state index in [1.54, 1.807) is 31.2 Å². The van der Waals surface area contributed by atoms with Crippen LogP contribution in [0.1, 0.15) is 30.5 Å². The molecular formula is C21H24F2N4O4. The van der Waals surface area contributed by atoms with Crippen LogP contribution in [0.15, 0.2) is 30.5 Å². The van der Waals surface area contributed by atoms with Crippen molar-refractivity contribution in [2.24, 2.45) is 0 Å². The van der Waals surface area contributed by atoms with Gasteiger partial charge in [-0.25, -0.2) is 29.0 Å². The molecule has 31 heavy (non-hydrogen) atoms. The lowest BCUT2D eigenvalue weighted by molar-refractivity contribution is -0.145. The Balaban J connectivity index is 1.66. The second-order valence-electron chi connectivity index (χ2n) is 7.10. The first-order valence-corrected chi connectivity index (χ1v) is 9.79. The van der Waals surface area contributed by atoms with Gasteiger partial charge in [0.2, 0.25) is 11.8 Å². The Hall–Kier alpha value is -3.11. The van der Waals surface area contributed by atoms with E-state index < -0.39 is 35.2 Å². The fourth-order valence-electron chi connectivity index (χ4n) is 3.40. The van der Waals surface area contributed by atoms with Gasteiger partial charge in [0, 0.05) is 19.3 Å². The highest BCUT2D eigenvalue weighted by molar-refractivity contribution is 5.95. The maximum atomic E-state index is 13.8. The molecule has 0 aliphatic carbocycles. The lowest BCUT2D eigenvalue weighted by atomic mass is 9.99. The van der Waals surface area contributed by atoms with Crippen LogP contribution >= 0.6 is 0 Å². The molecule has 8 nitrogen and oxygen atoms in total. The number of rotatable bonds is 7. The minimum Gasteiger partial charge on any atom is -0.466 e. The Morgan fingerprint density at radius 1 is 1.32 bits per heavy atom. The summed E-state index contributed by atoms with van der Waals surface area (Å²) in [5, 5.41) is 4.07. The number of ether oxygens (including phenoxy) is 2. The summed E-state index contributed by atoms with van der Waals surface area (Å²) in [5.74, 6) is -2.42. The number of pyridine rings is 1. The molecule has 2 unspecified atom stereocenters. The molecule has 1 aromatic heterocycles. The van der Waals surface area contributed by atoms with Crippen molar-refractivity contribution in [3.8, 4) is 5.88 Å². The highest BCUT2D eigenvalue weighted by atomic mass is 19.1. The van der Waals surface area contributed by atoms with Crippen molar-refractivity contribution >= 4 is 17.6 Å². The number of esters is 1. The van der Waals surface area contributed by atoms with Gasteiger partial charge in [-0.05, 0) is 43.5 Å². The molecule has 2 N–H and O–H groups in total. The predicted molar refractivity (Wildman–Crippen MR) is 108 cm³/mol. The monoisotopic (exact) mass is 434 g/mol. The molecule has 1 fully saturated rings. The zero-order valence-electron chi connectivity index (χ0n) is 17.4. The van der Waals surface area contributed by atoms with E-state index in [1.807, 2.05) is 6.92 Å². The molecule has 1 aliphatic rings. The van der Waals surface area contributed by atoms with Crippen molar-refractivity contribution in [1.82, 2.24) is 15.4 Å². The Bertz CT molecular complexity index is 952. The van der Waals surface area contributed by atoms with Crippen LogP contribution in [0.25, 0.3) is 0 Å². The quantitative estimate of drug-likeness (QED) is 0.647. The normalized spacial score (nSPS) is 18.6. The van der Waals surface area contributed by atoms with Crippen molar-refractivity contribution in [1.29, 1.82) is 0 Å². The maximum Gasteiger partial charge on any atom is 0.344 e. The average Bonchev–Trinajstić information content (AvgIpc) is 3.11. The molecule has 2 heterocycles. The molecule has 0 spiro atoms. The summed E-state index contributed by atoms with van der Waals surface area (Å²) in [4.78, 5) is 28.2. The zero-order chi connectivity index (χ0) is 22.5. The summed E-state index contributed by atoms with van der Waals surface area (Å²) >= 11 is 0. The topological polar surface area (TPSA) is 92.8 Å². The number of aromatic nitrogens is 1. The van der Waals surface area contributed by atoms with E-state index >= 15 is 0 Å². The first-order valence-electron chi connectivity index (χ1n) is 9.79. The Labute approximate surface area is 178 Å². The van der Waals surface area contributed by atoms with E-state index in [0.717, 1.165) is 23.3 Å². The van der Waals surface area contributed by atoms with Gasteiger partial charge in [0.1, 0.15) is 23.4 Å². The summed E-state index contributed by atoms with van der Waals surface area (Å²) in [5.41, 5.74) is 4.25. The molecule has 2 aromatic rings. The van der Waals surface area contributed by atoms with Crippen LogP contribution in [0.5, 0.6) is 5.88 Å². The highest BCUT2D eigenvalue weighted by Crippen LogP contribution is 2.32. The van der Waals surface area contributed by atoms with Gasteiger partial charge >= 0.3 is 5.97 Å². The van der Waals surface area contributed by atoms with Gasteiger partial charge in [-0.1, -0.05) is 6.07 Å². The summed E-state index contributed by atoms with van der Waals surface area (Å²) in [6.45, 7) is 3.61. The van der Waals surface area contributed by atoms with E-state index in [2.05, 4.69) is 15.7 Å². The third-order valence-corrected chi connectivity index (χ3v) is 4.94. The van der Waals surface area contributed by atoms with Crippen LogP contribution < -0.4 is 15.5 Å². The largest absolute Gasteiger partial charge is 0.466 e. The Morgan fingerprint density at radius 3 is 2.68 bits per heavy atom. The summed E-state index contributed by atoms with van der Waals surface area (Å²) in [7, 11) is 1.77. The molecule has 2 atom stereocenters. The van der Waals surface area contributed by atoms with Crippen molar-refractivity contribution in [2.45, 2.75) is 32.4 Å². The van der Waals surface area contributed by atoms with E-state index in [4.69, 9.17) is 9.47 Å². The molecule has 10 heteroatoms. The van der Waals surface area contributed by atoms with E-state index in [0.29, 0.717) is 6.42 Å². The van der Waals surface area contributed by atoms with Gasteiger partial charge < -0.3 is 14.8 Å². The van der Waals surface area contributed by atoms with Gasteiger partial charge in [0.05, 0.1) is 12.6 Å². The third-order valence-electron chi connectivity index (χ3n) is 4.94. The van der Waals surface area contributed by atoms with Crippen LogP contribution in [0, 0.1) is 18.6 Å². The van der Waals surface area contributed by atoms with Crippen LogP contribution in [0.3, 0.4) is 0 Å². The zero-order valence-corrected chi connectivity index (χ0v) is 17.4. The minimum atomic E-state index is -0.838. The number of hydrogen-bond acceptors (Lipinski definition) is 7. The molecule has 1 aromatic carbocycles. The summed E-state index contributed by atoms with van der Waals surface area (Å²) < 4.78 is 37.8. The number of benzene rings is 1.